The third-order valence-corrected chi connectivity index (χ3v) is 4.21. The first-order chi connectivity index (χ1) is 12.6. The van der Waals surface area contributed by atoms with Crippen LogP contribution < -0.4 is 15.0 Å². The number of nitrogens with zero attached hydrogens (tertiary/aromatic N) is 1. The second-order valence-corrected chi connectivity index (χ2v) is 6.00. The van der Waals surface area contributed by atoms with Gasteiger partial charge in [0.2, 0.25) is 5.91 Å². The summed E-state index contributed by atoms with van der Waals surface area (Å²) in [7, 11) is 0. The maximum absolute atomic E-state index is 12.2. The van der Waals surface area contributed by atoms with E-state index in [-0.39, 0.29) is 5.91 Å². The third-order valence-electron chi connectivity index (χ3n) is 4.21. The maximum atomic E-state index is 12.2. The quantitative estimate of drug-likeness (QED) is 0.688. The molecule has 0 saturated heterocycles. The summed E-state index contributed by atoms with van der Waals surface area (Å²) in [6, 6.07) is 13.8. The fourth-order valence-electron chi connectivity index (χ4n) is 2.76. The summed E-state index contributed by atoms with van der Waals surface area (Å²) >= 11 is 0. The average molecular weight is 352 g/mol. The molecule has 138 valence electrons. The lowest BCUT2D eigenvalue weighted by atomic mass is 10.1. The second kappa shape index (κ2) is 9.66. The van der Waals surface area contributed by atoms with Crippen LogP contribution >= 0.6 is 0 Å². The number of ether oxygens (including phenoxy) is 1. The summed E-state index contributed by atoms with van der Waals surface area (Å²) in [4.78, 5) is 14.5. The van der Waals surface area contributed by atoms with Gasteiger partial charge in [-0.15, -0.1) is 0 Å². The van der Waals surface area contributed by atoms with E-state index in [1.165, 1.54) is 5.69 Å². The Morgan fingerprint density at radius 1 is 1.08 bits per heavy atom. The minimum absolute atomic E-state index is 0.141. The summed E-state index contributed by atoms with van der Waals surface area (Å²) in [5.41, 5.74) is 4.02. The Kier molecular flexibility index (Phi) is 7.27. The summed E-state index contributed by atoms with van der Waals surface area (Å²) in [6.45, 7) is 10.8. The number of benzene rings is 2. The van der Waals surface area contributed by atoms with Crippen LogP contribution in [0.2, 0.25) is 0 Å². The van der Waals surface area contributed by atoms with Gasteiger partial charge in [-0.2, -0.15) is 0 Å². The van der Waals surface area contributed by atoms with Crippen LogP contribution in [0.5, 0.6) is 5.75 Å². The lowest BCUT2D eigenvalue weighted by molar-refractivity contribution is -0.111. The van der Waals surface area contributed by atoms with Gasteiger partial charge in [-0.3, -0.25) is 4.79 Å². The lowest BCUT2D eigenvalue weighted by Gasteiger charge is -2.22. The zero-order valence-corrected chi connectivity index (χ0v) is 16.1. The fourth-order valence-corrected chi connectivity index (χ4v) is 2.76. The fraction of sp³-hybridized carbons (Fsp3) is 0.318. The van der Waals surface area contributed by atoms with E-state index in [0.29, 0.717) is 6.61 Å². The minimum Gasteiger partial charge on any atom is -0.494 e. The van der Waals surface area contributed by atoms with E-state index in [2.05, 4.69) is 30.1 Å². The van der Waals surface area contributed by atoms with Gasteiger partial charge in [0.05, 0.1) is 6.61 Å². The topological polar surface area (TPSA) is 41.6 Å². The van der Waals surface area contributed by atoms with E-state index in [9.17, 15) is 4.79 Å². The van der Waals surface area contributed by atoms with Crippen LogP contribution in [-0.2, 0) is 4.79 Å². The zero-order valence-electron chi connectivity index (χ0n) is 16.1. The summed E-state index contributed by atoms with van der Waals surface area (Å²) in [5, 5.41) is 2.95. The molecular weight excluding hydrogens is 324 g/mol. The molecule has 0 bridgehead atoms. The van der Waals surface area contributed by atoms with Gasteiger partial charge in [0.15, 0.2) is 0 Å². The molecule has 2 aromatic carbocycles. The van der Waals surface area contributed by atoms with Crippen LogP contribution in [0.4, 0.5) is 11.4 Å². The molecule has 0 aliphatic heterocycles. The standard InChI is InChI=1S/C22H28N2O2/c1-5-24(6-2)19-11-14-21(17(4)16-19)23-22(25)15-10-18-8-12-20(13-9-18)26-7-3/h8-16H,5-7H2,1-4H3,(H,23,25)/b15-10+. The van der Waals surface area contributed by atoms with E-state index < -0.39 is 0 Å². The van der Waals surface area contributed by atoms with Gasteiger partial charge in [0, 0.05) is 30.5 Å². The highest BCUT2D eigenvalue weighted by atomic mass is 16.5. The van der Waals surface area contributed by atoms with Crippen molar-refractivity contribution in [3.8, 4) is 5.75 Å². The predicted octanol–water partition coefficient (Wildman–Crippen LogP) is 4.89. The van der Waals surface area contributed by atoms with Gasteiger partial charge in [0.25, 0.3) is 0 Å². The van der Waals surface area contributed by atoms with Gasteiger partial charge in [-0.25, -0.2) is 0 Å². The monoisotopic (exact) mass is 352 g/mol. The molecule has 26 heavy (non-hydrogen) atoms. The smallest absolute Gasteiger partial charge is 0.248 e. The molecule has 0 unspecified atom stereocenters. The normalized spacial score (nSPS) is 10.8. The number of carbonyl (C=O) groups excluding carboxylic acids is 1. The number of hydrogen-bond acceptors (Lipinski definition) is 3. The summed E-state index contributed by atoms with van der Waals surface area (Å²) < 4.78 is 5.41. The molecular formula is C22H28N2O2. The number of rotatable bonds is 8. The van der Waals surface area contributed by atoms with Crippen LogP contribution in [0.3, 0.4) is 0 Å². The molecule has 4 heteroatoms. The van der Waals surface area contributed by atoms with E-state index >= 15 is 0 Å². The van der Waals surface area contributed by atoms with Gasteiger partial charge in [0.1, 0.15) is 5.75 Å². The van der Waals surface area contributed by atoms with Crippen molar-refractivity contribution in [2.75, 3.05) is 29.9 Å². The molecule has 2 rings (SSSR count). The van der Waals surface area contributed by atoms with Crippen molar-refractivity contribution in [1.82, 2.24) is 0 Å². The summed E-state index contributed by atoms with van der Waals surface area (Å²) in [6.07, 6.45) is 3.35. The van der Waals surface area contributed by atoms with Crippen LogP contribution in [0, 0.1) is 6.92 Å². The number of hydrogen-bond donors (Lipinski definition) is 1. The van der Waals surface area contributed by atoms with Crippen molar-refractivity contribution < 1.29 is 9.53 Å². The molecule has 0 aromatic heterocycles. The molecule has 4 nitrogen and oxygen atoms in total. The number of amides is 1. The molecule has 2 aromatic rings. The summed E-state index contributed by atoms with van der Waals surface area (Å²) in [5.74, 6) is 0.690. The highest BCUT2D eigenvalue weighted by Gasteiger charge is 2.06. The molecule has 0 atom stereocenters. The average Bonchev–Trinajstić information content (AvgIpc) is 2.64. The minimum atomic E-state index is -0.141. The first-order valence-electron chi connectivity index (χ1n) is 9.14. The number of carbonyl (C=O) groups is 1. The van der Waals surface area contributed by atoms with Crippen LogP contribution in [0.15, 0.2) is 48.5 Å². The van der Waals surface area contributed by atoms with E-state index in [1.807, 2.05) is 50.2 Å². The first kappa shape index (κ1) is 19.6. The molecule has 0 radical (unpaired) electrons. The third kappa shape index (κ3) is 5.38. The van der Waals surface area contributed by atoms with Gasteiger partial charge in [-0.1, -0.05) is 12.1 Å². The Hall–Kier alpha value is -2.75. The molecule has 1 amide bonds. The van der Waals surface area contributed by atoms with Gasteiger partial charge >= 0.3 is 0 Å². The van der Waals surface area contributed by atoms with Crippen LogP contribution in [0.1, 0.15) is 31.9 Å². The molecule has 0 aliphatic carbocycles. The molecule has 0 heterocycles. The van der Waals surface area contributed by atoms with Crippen molar-refractivity contribution in [3.05, 3.63) is 59.7 Å². The Labute approximate surface area is 156 Å². The zero-order chi connectivity index (χ0) is 18.9. The number of nitrogens with one attached hydrogen (secondary N) is 1. The van der Waals surface area contributed by atoms with Crippen molar-refractivity contribution in [2.45, 2.75) is 27.7 Å². The van der Waals surface area contributed by atoms with Crippen LogP contribution in [-0.4, -0.2) is 25.6 Å². The molecule has 0 spiro atoms. The van der Waals surface area contributed by atoms with Crippen LogP contribution in [0.25, 0.3) is 6.08 Å². The molecule has 0 saturated carbocycles. The SMILES string of the molecule is CCOc1ccc(/C=C/C(=O)Nc2ccc(N(CC)CC)cc2C)cc1. The van der Waals surface area contributed by atoms with Gasteiger partial charge < -0.3 is 15.0 Å². The number of anilines is 2. The molecule has 0 aliphatic rings. The maximum Gasteiger partial charge on any atom is 0.248 e. The molecule has 0 fully saturated rings. The largest absolute Gasteiger partial charge is 0.494 e. The Balaban J connectivity index is 2.00. The van der Waals surface area contributed by atoms with Gasteiger partial charge in [-0.05, 0) is 75.2 Å². The van der Waals surface area contributed by atoms with E-state index in [0.717, 1.165) is 35.7 Å². The van der Waals surface area contributed by atoms with Crippen molar-refractivity contribution >= 4 is 23.4 Å². The molecule has 1 N–H and O–H groups in total. The Morgan fingerprint density at radius 2 is 1.77 bits per heavy atom. The number of aryl methyl sites for hydroxylation is 1. The Bertz CT molecular complexity index is 747. The van der Waals surface area contributed by atoms with Crippen molar-refractivity contribution in [3.63, 3.8) is 0 Å². The predicted molar refractivity (Wildman–Crippen MR) is 110 cm³/mol. The van der Waals surface area contributed by atoms with Crippen molar-refractivity contribution in [1.29, 1.82) is 0 Å². The van der Waals surface area contributed by atoms with Crippen molar-refractivity contribution in [2.24, 2.45) is 0 Å². The second-order valence-electron chi connectivity index (χ2n) is 6.00. The Morgan fingerprint density at radius 3 is 2.35 bits per heavy atom. The lowest BCUT2D eigenvalue weighted by Crippen LogP contribution is -2.22. The van der Waals surface area contributed by atoms with E-state index in [4.69, 9.17) is 4.74 Å². The van der Waals surface area contributed by atoms with E-state index in [1.54, 1.807) is 12.2 Å². The highest BCUT2D eigenvalue weighted by molar-refractivity contribution is 6.02. The first-order valence-corrected chi connectivity index (χ1v) is 9.14. The highest BCUT2D eigenvalue weighted by Crippen LogP contribution is 2.22.